The molecular weight excluding hydrogens is 336 g/mol. The lowest BCUT2D eigenvalue weighted by Gasteiger charge is -2.32. The van der Waals surface area contributed by atoms with E-state index in [0.29, 0.717) is 19.6 Å². The van der Waals surface area contributed by atoms with Gasteiger partial charge in [-0.05, 0) is 25.1 Å². The first-order chi connectivity index (χ1) is 9.23. The van der Waals surface area contributed by atoms with E-state index in [2.05, 4.69) is 5.32 Å². The average Bonchev–Trinajstić information content (AvgIpc) is 2.38. The topological polar surface area (TPSA) is 83.6 Å². The zero-order valence-corrected chi connectivity index (χ0v) is 14.3. The molecule has 1 atom stereocenters. The molecule has 1 N–H and O–H groups in total. The molecule has 9 heteroatoms. The first-order valence-corrected chi connectivity index (χ1v) is 9.59. The molecule has 1 unspecified atom stereocenters. The molecule has 1 aliphatic heterocycles. The van der Waals surface area contributed by atoms with E-state index in [4.69, 9.17) is 0 Å². The lowest BCUT2D eigenvalue weighted by molar-refractivity contribution is 0.284. The molecule has 1 heterocycles. The minimum Gasteiger partial charge on any atom is -0.314 e. The molecule has 0 radical (unpaired) electrons. The number of hydrogen-bond donors (Lipinski definition) is 1. The molecule has 1 saturated heterocycles. The van der Waals surface area contributed by atoms with E-state index in [1.807, 2.05) is 6.92 Å². The molecule has 1 aliphatic rings. The van der Waals surface area contributed by atoms with Gasteiger partial charge in [-0.1, -0.05) is 6.07 Å². The summed E-state index contributed by atoms with van der Waals surface area (Å²) in [6.07, 6.45) is 1.06. The van der Waals surface area contributed by atoms with Gasteiger partial charge in [-0.3, -0.25) is 0 Å². The first-order valence-electron chi connectivity index (χ1n) is 6.25. The van der Waals surface area contributed by atoms with E-state index in [1.165, 1.54) is 28.6 Å². The zero-order chi connectivity index (χ0) is 15.0. The van der Waals surface area contributed by atoms with Gasteiger partial charge in [0.1, 0.15) is 0 Å². The van der Waals surface area contributed by atoms with E-state index in [-0.39, 0.29) is 28.2 Å². The van der Waals surface area contributed by atoms with Crippen molar-refractivity contribution < 1.29 is 16.8 Å². The first kappa shape index (κ1) is 18.4. The fraction of sp³-hybridized carbons (Fsp3) is 0.500. The molecule has 1 fully saturated rings. The fourth-order valence-corrected chi connectivity index (χ4v) is 4.60. The van der Waals surface area contributed by atoms with Crippen LogP contribution in [0, 0.1) is 0 Å². The molecule has 2 rings (SSSR count). The van der Waals surface area contributed by atoms with E-state index in [9.17, 15) is 16.8 Å². The number of nitrogens with one attached hydrogen (secondary N) is 1. The second-order valence-electron chi connectivity index (χ2n) is 4.92. The van der Waals surface area contributed by atoms with E-state index in [0.717, 1.165) is 6.26 Å². The van der Waals surface area contributed by atoms with Gasteiger partial charge in [0, 0.05) is 31.9 Å². The van der Waals surface area contributed by atoms with Crippen LogP contribution in [0.5, 0.6) is 0 Å². The van der Waals surface area contributed by atoms with Crippen LogP contribution < -0.4 is 5.32 Å². The lowest BCUT2D eigenvalue weighted by atomic mass is 10.3. The molecule has 0 saturated carbocycles. The Morgan fingerprint density at radius 3 is 2.38 bits per heavy atom. The summed E-state index contributed by atoms with van der Waals surface area (Å²) >= 11 is 0. The van der Waals surface area contributed by atoms with Crippen LogP contribution in [0.1, 0.15) is 6.92 Å². The van der Waals surface area contributed by atoms with Crippen molar-refractivity contribution in [1.29, 1.82) is 0 Å². The molecule has 0 aromatic heterocycles. The number of sulfonamides is 1. The number of rotatable bonds is 3. The lowest BCUT2D eigenvalue weighted by Crippen LogP contribution is -2.52. The van der Waals surface area contributed by atoms with Crippen LogP contribution in [0.2, 0.25) is 0 Å². The highest BCUT2D eigenvalue weighted by Crippen LogP contribution is 2.22. The van der Waals surface area contributed by atoms with Crippen LogP contribution in [0.3, 0.4) is 0 Å². The van der Waals surface area contributed by atoms with Crippen LogP contribution in [0.25, 0.3) is 0 Å². The largest absolute Gasteiger partial charge is 0.314 e. The van der Waals surface area contributed by atoms with Gasteiger partial charge in [-0.2, -0.15) is 4.31 Å². The van der Waals surface area contributed by atoms with Crippen molar-refractivity contribution in [2.75, 3.05) is 25.9 Å². The van der Waals surface area contributed by atoms with Crippen molar-refractivity contribution in [3.05, 3.63) is 24.3 Å². The molecule has 120 valence electrons. The normalized spacial score (nSPS) is 20.8. The molecule has 0 spiro atoms. The van der Waals surface area contributed by atoms with Gasteiger partial charge >= 0.3 is 0 Å². The predicted molar refractivity (Wildman–Crippen MR) is 83.0 cm³/mol. The van der Waals surface area contributed by atoms with Crippen molar-refractivity contribution in [2.24, 2.45) is 0 Å². The monoisotopic (exact) mass is 354 g/mol. The summed E-state index contributed by atoms with van der Waals surface area (Å²) in [5.41, 5.74) is 0. The van der Waals surface area contributed by atoms with Gasteiger partial charge in [0.2, 0.25) is 10.0 Å². The summed E-state index contributed by atoms with van der Waals surface area (Å²) < 4.78 is 49.6. The number of nitrogens with zero attached hydrogens (tertiary/aromatic N) is 1. The highest BCUT2D eigenvalue weighted by atomic mass is 35.5. The Morgan fingerprint density at radius 1 is 1.19 bits per heavy atom. The van der Waals surface area contributed by atoms with Crippen molar-refractivity contribution in [1.82, 2.24) is 9.62 Å². The molecule has 0 bridgehead atoms. The Kier molecular flexibility index (Phi) is 5.79. The molecule has 1 aromatic carbocycles. The van der Waals surface area contributed by atoms with Crippen LogP contribution >= 0.6 is 12.4 Å². The fourth-order valence-electron chi connectivity index (χ4n) is 2.18. The molecule has 1 aromatic rings. The third kappa shape index (κ3) is 3.95. The molecule has 0 aliphatic carbocycles. The van der Waals surface area contributed by atoms with E-state index >= 15 is 0 Å². The summed E-state index contributed by atoms with van der Waals surface area (Å²) in [6, 6.07) is 5.35. The Balaban J connectivity index is 0.00000220. The number of piperazine rings is 1. The maximum atomic E-state index is 12.6. The van der Waals surface area contributed by atoms with E-state index < -0.39 is 19.9 Å². The summed E-state index contributed by atoms with van der Waals surface area (Å²) in [5, 5.41) is 3.12. The quantitative estimate of drug-likeness (QED) is 0.854. The van der Waals surface area contributed by atoms with Crippen molar-refractivity contribution in [3.63, 3.8) is 0 Å². The predicted octanol–water partition coefficient (Wildman–Crippen LogP) is 0.494. The van der Waals surface area contributed by atoms with Crippen molar-refractivity contribution >= 4 is 32.3 Å². The van der Waals surface area contributed by atoms with Crippen LogP contribution in [0.15, 0.2) is 34.1 Å². The summed E-state index contributed by atoms with van der Waals surface area (Å²) in [7, 11) is -7.09. The minimum atomic E-state index is -3.67. The van der Waals surface area contributed by atoms with Crippen molar-refractivity contribution in [3.8, 4) is 0 Å². The SMILES string of the molecule is CC1CNCCN1S(=O)(=O)c1cccc(S(C)(=O)=O)c1.Cl. The Labute approximate surface area is 131 Å². The van der Waals surface area contributed by atoms with Crippen LogP contribution in [-0.4, -0.2) is 53.1 Å². The minimum absolute atomic E-state index is 0. The standard InChI is InChI=1S/C12H18N2O4S2.ClH/c1-10-9-13-6-7-14(10)20(17,18)12-5-3-4-11(8-12)19(2,15)16;/h3-5,8,10,13H,6-7,9H2,1-2H3;1H. The second-order valence-corrected chi connectivity index (χ2v) is 8.82. The van der Waals surface area contributed by atoms with Crippen LogP contribution in [0.4, 0.5) is 0 Å². The zero-order valence-electron chi connectivity index (χ0n) is 11.8. The summed E-state index contributed by atoms with van der Waals surface area (Å²) in [6.45, 7) is 3.39. The number of benzene rings is 1. The maximum Gasteiger partial charge on any atom is 0.243 e. The second kappa shape index (κ2) is 6.62. The Morgan fingerprint density at radius 2 is 1.81 bits per heavy atom. The third-order valence-corrected chi connectivity index (χ3v) is 6.40. The van der Waals surface area contributed by atoms with Gasteiger partial charge in [0.15, 0.2) is 9.84 Å². The smallest absolute Gasteiger partial charge is 0.243 e. The number of sulfone groups is 1. The summed E-state index contributed by atoms with van der Waals surface area (Å²) in [4.78, 5) is 0.0375. The Hall–Kier alpha value is -0.670. The van der Waals surface area contributed by atoms with Crippen molar-refractivity contribution in [2.45, 2.75) is 22.8 Å². The number of hydrogen-bond acceptors (Lipinski definition) is 5. The highest BCUT2D eigenvalue weighted by Gasteiger charge is 2.31. The molecule has 6 nitrogen and oxygen atoms in total. The van der Waals surface area contributed by atoms with Gasteiger partial charge in [-0.15, -0.1) is 12.4 Å². The number of halogens is 1. The molecule has 21 heavy (non-hydrogen) atoms. The maximum absolute atomic E-state index is 12.6. The summed E-state index contributed by atoms with van der Waals surface area (Å²) in [5.74, 6) is 0. The average molecular weight is 355 g/mol. The molecule has 0 amide bonds. The van der Waals surface area contributed by atoms with E-state index in [1.54, 1.807) is 0 Å². The van der Waals surface area contributed by atoms with Gasteiger partial charge in [0.05, 0.1) is 9.79 Å². The van der Waals surface area contributed by atoms with Gasteiger partial charge < -0.3 is 5.32 Å². The van der Waals surface area contributed by atoms with Crippen LogP contribution in [-0.2, 0) is 19.9 Å². The highest BCUT2D eigenvalue weighted by molar-refractivity contribution is 7.91. The van der Waals surface area contributed by atoms with Gasteiger partial charge in [-0.25, -0.2) is 16.8 Å². The molecular formula is C12H19ClN2O4S2. The van der Waals surface area contributed by atoms with Gasteiger partial charge in [0.25, 0.3) is 0 Å². The Bertz CT molecular complexity index is 704. The third-order valence-electron chi connectivity index (χ3n) is 3.28.